The molecule has 0 spiro atoms. The largest absolute Gasteiger partial charge is 0.399 e. The lowest BCUT2D eigenvalue weighted by atomic mass is 9.97. The number of carbonyl (C=O) groups excluding carboxylic acids is 1. The molecule has 2 rings (SSSR count). The van der Waals surface area contributed by atoms with Crippen LogP contribution in [-0.2, 0) is 11.2 Å². The van der Waals surface area contributed by atoms with E-state index in [1.165, 1.54) is 6.07 Å². The molecule has 0 fully saturated rings. The maximum atomic E-state index is 13.7. The van der Waals surface area contributed by atoms with Gasteiger partial charge in [0, 0.05) is 18.7 Å². The van der Waals surface area contributed by atoms with Crippen molar-refractivity contribution in [2.45, 2.75) is 25.7 Å². The number of anilines is 1. The fourth-order valence-corrected chi connectivity index (χ4v) is 2.37. The van der Waals surface area contributed by atoms with E-state index in [0.29, 0.717) is 12.1 Å². The predicted octanol–water partition coefficient (Wildman–Crippen LogP) is 3.26. The van der Waals surface area contributed by atoms with Crippen LogP contribution in [0.3, 0.4) is 0 Å². The van der Waals surface area contributed by atoms with Crippen molar-refractivity contribution in [3.8, 4) is 0 Å². The molecule has 0 aliphatic rings. The third-order valence-electron chi connectivity index (χ3n) is 3.64. The second-order valence-electron chi connectivity index (χ2n) is 5.47. The number of nitrogen functional groups attached to an aromatic ring is 1. The van der Waals surface area contributed by atoms with Gasteiger partial charge in [-0.15, -0.1) is 0 Å². The predicted molar refractivity (Wildman–Crippen MR) is 87.0 cm³/mol. The minimum atomic E-state index is -0.260. The summed E-state index contributed by atoms with van der Waals surface area (Å²) in [6.07, 6.45) is 1.03. The van der Waals surface area contributed by atoms with Gasteiger partial charge in [0.25, 0.3) is 0 Å². The maximum Gasteiger partial charge on any atom is 0.220 e. The van der Waals surface area contributed by atoms with Crippen LogP contribution in [0.4, 0.5) is 10.1 Å². The molecule has 0 radical (unpaired) electrons. The molecule has 3 N–H and O–H groups in total. The van der Waals surface area contributed by atoms with Crippen LogP contribution in [-0.4, -0.2) is 12.5 Å². The van der Waals surface area contributed by atoms with Crippen LogP contribution in [0.5, 0.6) is 0 Å². The Hall–Kier alpha value is -2.36. The molecule has 116 valence electrons. The van der Waals surface area contributed by atoms with E-state index in [1.54, 1.807) is 18.2 Å². The molecule has 0 aromatic heterocycles. The van der Waals surface area contributed by atoms with Crippen LogP contribution in [0.25, 0.3) is 0 Å². The van der Waals surface area contributed by atoms with Gasteiger partial charge in [-0.3, -0.25) is 4.79 Å². The third-order valence-corrected chi connectivity index (χ3v) is 3.64. The number of nitrogens with one attached hydrogen (secondary N) is 1. The van der Waals surface area contributed by atoms with Gasteiger partial charge >= 0.3 is 0 Å². The van der Waals surface area contributed by atoms with Gasteiger partial charge < -0.3 is 11.1 Å². The summed E-state index contributed by atoms with van der Waals surface area (Å²) in [6, 6.07) is 14.2. The van der Waals surface area contributed by atoms with Gasteiger partial charge in [0.05, 0.1) is 0 Å². The van der Waals surface area contributed by atoms with E-state index in [4.69, 9.17) is 5.73 Å². The smallest absolute Gasteiger partial charge is 0.220 e. The van der Waals surface area contributed by atoms with Gasteiger partial charge in [-0.1, -0.05) is 37.3 Å². The quantitative estimate of drug-likeness (QED) is 0.805. The molecule has 0 saturated carbocycles. The summed E-state index contributed by atoms with van der Waals surface area (Å²) in [6.45, 7) is 2.42. The zero-order chi connectivity index (χ0) is 15.9. The summed E-state index contributed by atoms with van der Waals surface area (Å²) in [5.41, 5.74) is 8.06. The van der Waals surface area contributed by atoms with Crippen molar-refractivity contribution in [3.63, 3.8) is 0 Å². The van der Waals surface area contributed by atoms with Gasteiger partial charge in [0.2, 0.25) is 5.91 Å². The lowest BCUT2D eigenvalue weighted by molar-refractivity contribution is -0.121. The molecule has 0 aliphatic carbocycles. The molecule has 2 aromatic carbocycles. The molecule has 22 heavy (non-hydrogen) atoms. The van der Waals surface area contributed by atoms with Gasteiger partial charge in [-0.05, 0) is 41.7 Å². The first-order valence-corrected chi connectivity index (χ1v) is 7.42. The van der Waals surface area contributed by atoms with Crippen LogP contribution >= 0.6 is 0 Å². The number of halogens is 1. The zero-order valence-electron chi connectivity index (χ0n) is 12.7. The molecule has 1 amide bonds. The molecule has 4 heteroatoms. The molecule has 1 unspecified atom stereocenters. The Labute approximate surface area is 130 Å². The Kier molecular flexibility index (Phi) is 5.53. The molecule has 0 aliphatic heterocycles. The number of hydrogen-bond donors (Lipinski definition) is 2. The van der Waals surface area contributed by atoms with Crippen molar-refractivity contribution in [2.24, 2.45) is 0 Å². The molecule has 2 aromatic rings. The SMILES string of the molecule is CC(CC(=O)NCCc1ccc(N)cc1)c1ccccc1F. The molecule has 0 saturated heterocycles. The number of carbonyl (C=O) groups is 1. The van der Waals surface area contributed by atoms with E-state index in [-0.39, 0.29) is 24.1 Å². The topological polar surface area (TPSA) is 55.1 Å². The van der Waals surface area contributed by atoms with Crippen molar-refractivity contribution >= 4 is 11.6 Å². The van der Waals surface area contributed by atoms with Crippen molar-refractivity contribution in [1.29, 1.82) is 0 Å². The van der Waals surface area contributed by atoms with Crippen LogP contribution in [0.2, 0.25) is 0 Å². The Bertz CT molecular complexity index is 625. The molecule has 0 heterocycles. The summed E-state index contributed by atoms with van der Waals surface area (Å²) < 4.78 is 13.7. The van der Waals surface area contributed by atoms with Gasteiger partial charge in [0.1, 0.15) is 5.82 Å². The molecule has 1 atom stereocenters. The van der Waals surface area contributed by atoms with Crippen LogP contribution < -0.4 is 11.1 Å². The van der Waals surface area contributed by atoms with E-state index in [2.05, 4.69) is 5.32 Å². The van der Waals surface area contributed by atoms with Gasteiger partial charge in [-0.2, -0.15) is 0 Å². The second-order valence-corrected chi connectivity index (χ2v) is 5.47. The number of hydrogen-bond acceptors (Lipinski definition) is 2. The Balaban J connectivity index is 1.78. The van der Waals surface area contributed by atoms with E-state index >= 15 is 0 Å². The van der Waals surface area contributed by atoms with Gasteiger partial charge in [0.15, 0.2) is 0 Å². The van der Waals surface area contributed by atoms with Crippen LogP contribution in [0.1, 0.15) is 30.4 Å². The lowest BCUT2D eigenvalue weighted by Gasteiger charge is -2.13. The van der Waals surface area contributed by atoms with Crippen molar-refractivity contribution in [1.82, 2.24) is 5.32 Å². The maximum absolute atomic E-state index is 13.7. The van der Waals surface area contributed by atoms with E-state index < -0.39 is 0 Å². The first-order chi connectivity index (χ1) is 10.6. The van der Waals surface area contributed by atoms with Crippen LogP contribution in [0, 0.1) is 5.82 Å². The highest BCUT2D eigenvalue weighted by Crippen LogP contribution is 2.21. The van der Waals surface area contributed by atoms with E-state index in [0.717, 1.165) is 17.7 Å². The van der Waals surface area contributed by atoms with E-state index in [9.17, 15) is 9.18 Å². The van der Waals surface area contributed by atoms with E-state index in [1.807, 2.05) is 31.2 Å². The highest BCUT2D eigenvalue weighted by atomic mass is 19.1. The van der Waals surface area contributed by atoms with Crippen LogP contribution in [0.15, 0.2) is 48.5 Å². The Morgan fingerprint density at radius 2 is 1.86 bits per heavy atom. The van der Waals surface area contributed by atoms with Gasteiger partial charge in [-0.25, -0.2) is 4.39 Å². The number of rotatable bonds is 6. The number of amides is 1. The fourth-order valence-electron chi connectivity index (χ4n) is 2.37. The highest BCUT2D eigenvalue weighted by molar-refractivity contribution is 5.76. The first kappa shape index (κ1) is 16.0. The molecular weight excluding hydrogens is 279 g/mol. The van der Waals surface area contributed by atoms with Crippen molar-refractivity contribution < 1.29 is 9.18 Å². The third kappa shape index (κ3) is 4.58. The highest BCUT2D eigenvalue weighted by Gasteiger charge is 2.14. The summed E-state index contributed by atoms with van der Waals surface area (Å²) in [5, 5.41) is 2.87. The standard InChI is InChI=1S/C18H21FN2O/c1-13(16-4-2-3-5-17(16)19)12-18(22)21-11-10-14-6-8-15(20)9-7-14/h2-9,13H,10-12,20H2,1H3,(H,21,22). The summed E-state index contributed by atoms with van der Waals surface area (Å²) in [7, 11) is 0. The average molecular weight is 300 g/mol. The number of nitrogens with two attached hydrogens (primary N) is 1. The monoisotopic (exact) mass is 300 g/mol. The normalized spacial score (nSPS) is 11.9. The second kappa shape index (κ2) is 7.59. The fraction of sp³-hybridized carbons (Fsp3) is 0.278. The lowest BCUT2D eigenvalue weighted by Crippen LogP contribution is -2.26. The minimum Gasteiger partial charge on any atom is -0.399 e. The number of benzene rings is 2. The zero-order valence-corrected chi connectivity index (χ0v) is 12.7. The minimum absolute atomic E-state index is 0.0637. The Morgan fingerprint density at radius 1 is 1.18 bits per heavy atom. The Morgan fingerprint density at radius 3 is 2.55 bits per heavy atom. The summed E-state index contributed by atoms with van der Waals surface area (Å²) >= 11 is 0. The summed E-state index contributed by atoms with van der Waals surface area (Å²) in [4.78, 5) is 11.9. The average Bonchev–Trinajstić information content (AvgIpc) is 2.49. The first-order valence-electron chi connectivity index (χ1n) is 7.42. The molecule has 0 bridgehead atoms. The molecule has 3 nitrogen and oxygen atoms in total. The summed E-state index contributed by atoms with van der Waals surface area (Å²) in [5.74, 6) is -0.464. The molecular formula is C18H21FN2O. The van der Waals surface area contributed by atoms with Crippen molar-refractivity contribution in [3.05, 3.63) is 65.5 Å². The van der Waals surface area contributed by atoms with Crippen molar-refractivity contribution in [2.75, 3.05) is 12.3 Å².